The van der Waals surface area contributed by atoms with E-state index >= 15 is 0 Å². The van der Waals surface area contributed by atoms with E-state index in [1.54, 1.807) is 0 Å². The first kappa shape index (κ1) is 44.7. The number of rotatable bonds is 35. The third-order valence-electron chi connectivity index (χ3n) is 8.61. The van der Waals surface area contributed by atoms with Crippen LogP contribution in [-0.4, -0.2) is 49.0 Å². The van der Waals surface area contributed by atoms with Gasteiger partial charge in [-0.25, -0.2) is 0 Å². The number of esters is 3. The van der Waals surface area contributed by atoms with Crippen molar-refractivity contribution in [3.8, 4) is 0 Å². The highest BCUT2D eigenvalue weighted by atomic mass is 32.1. The molecule has 0 unspecified atom stereocenters. The van der Waals surface area contributed by atoms with Gasteiger partial charge in [0.05, 0.1) is 0 Å². The molecule has 0 aliphatic carbocycles. The fourth-order valence-electron chi connectivity index (χ4n) is 5.55. The summed E-state index contributed by atoms with van der Waals surface area (Å²) in [6, 6.07) is -0.858. The normalized spacial score (nSPS) is 12.5. The van der Waals surface area contributed by atoms with Crippen LogP contribution in [0.5, 0.6) is 0 Å². The molecule has 0 spiro atoms. The maximum absolute atomic E-state index is 12.5. The Bertz CT molecular complexity index is 707. The van der Waals surface area contributed by atoms with Crippen LogP contribution in [0.25, 0.3) is 0 Å². The predicted octanol–water partition coefficient (Wildman–Crippen LogP) is 10.2. The van der Waals surface area contributed by atoms with Gasteiger partial charge in [0.25, 0.3) is 0 Å². The molecule has 0 aromatic rings. The Morgan fingerprint density at radius 3 is 1.20 bits per heavy atom. The predicted molar refractivity (Wildman–Crippen MR) is 194 cm³/mol. The molecular weight excluding hydrogens is 598 g/mol. The number of hydrogen-bond acceptors (Lipinski definition) is 8. The molecule has 0 heterocycles. The topological polar surface area (TPSA) is 105 Å². The highest BCUT2D eigenvalue weighted by Crippen LogP contribution is 2.15. The number of ether oxygens (including phenoxy) is 3. The molecule has 0 bridgehead atoms. The van der Waals surface area contributed by atoms with Crippen LogP contribution in [0.1, 0.15) is 194 Å². The molecule has 0 aromatic carbocycles. The number of thiol groups is 1. The van der Waals surface area contributed by atoms with Gasteiger partial charge in [-0.05, 0) is 12.8 Å². The molecule has 0 aliphatic heterocycles. The quantitative estimate of drug-likeness (QED) is 0.0299. The fraction of sp³-hybridized carbons (Fsp3) is 0.921. The van der Waals surface area contributed by atoms with E-state index < -0.39 is 18.1 Å². The van der Waals surface area contributed by atoms with Crippen LogP contribution in [0.15, 0.2) is 0 Å². The van der Waals surface area contributed by atoms with E-state index in [0.717, 1.165) is 38.5 Å². The smallest absolute Gasteiger partial charge is 0.323 e. The van der Waals surface area contributed by atoms with Gasteiger partial charge in [0.2, 0.25) is 0 Å². The minimum Gasteiger partial charge on any atom is -0.462 e. The molecule has 0 saturated heterocycles. The van der Waals surface area contributed by atoms with Crippen LogP contribution < -0.4 is 5.73 Å². The van der Waals surface area contributed by atoms with Gasteiger partial charge in [-0.2, -0.15) is 12.6 Å². The van der Waals surface area contributed by atoms with Gasteiger partial charge in [-0.15, -0.1) is 0 Å². The van der Waals surface area contributed by atoms with Gasteiger partial charge in [0.15, 0.2) is 6.10 Å². The van der Waals surface area contributed by atoms with Crippen molar-refractivity contribution in [3.05, 3.63) is 0 Å². The summed E-state index contributed by atoms with van der Waals surface area (Å²) < 4.78 is 16.2. The minimum atomic E-state index is -0.858. The van der Waals surface area contributed by atoms with Crippen LogP contribution >= 0.6 is 12.6 Å². The number of carbonyl (C=O) groups is 3. The average Bonchev–Trinajstić information content (AvgIpc) is 3.05. The molecular formula is C38H73NO6S. The zero-order valence-corrected chi connectivity index (χ0v) is 30.9. The van der Waals surface area contributed by atoms with E-state index in [-0.39, 0.29) is 30.9 Å². The zero-order valence-electron chi connectivity index (χ0n) is 30.0. The van der Waals surface area contributed by atoms with Crippen molar-refractivity contribution in [2.24, 2.45) is 5.73 Å². The lowest BCUT2D eigenvalue weighted by atomic mass is 10.0. The summed E-state index contributed by atoms with van der Waals surface area (Å²) in [7, 11) is 0. The Morgan fingerprint density at radius 2 is 0.826 bits per heavy atom. The Kier molecular flexibility index (Phi) is 34.1. The van der Waals surface area contributed by atoms with Crippen LogP contribution in [0.3, 0.4) is 0 Å². The van der Waals surface area contributed by atoms with E-state index in [1.807, 2.05) is 0 Å². The van der Waals surface area contributed by atoms with Crippen molar-refractivity contribution in [2.75, 3.05) is 19.0 Å². The van der Waals surface area contributed by atoms with Crippen molar-refractivity contribution >= 4 is 30.5 Å². The minimum absolute atomic E-state index is 0.134. The van der Waals surface area contributed by atoms with Gasteiger partial charge in [-0.3, -0.25) is 14.4 Å². The van der Waals surface area contributed by atoms with Gasteiger partial charge < -0.3 is 19.9 Å². The summed E-state index contributed by atoms with van der Waals surface area (Å²) in [4.78, 5) is 36.9. The number of carbonyl (C=O) groups excluding carboxylic acids is 3. The maximum Gasteiger partial charge on any atom is 0.323 e. The van der Waals surface area contributed by atoms with Gasteiger partial charge >= 0.3 is 17.9 Å². The van der Waals surface area contributed by atoms with Crippen LogP contribution in [-0.2, 0) is 28.6 Å². The summed E-state index contributed by atoms with van der Waals surface area (Å²) in [6.07, 6.45) is 32.0. The molecule has 2 atom stereocenters. The Hall–Kier alpha value is -1.28. The molecule has 0 amide bonds. The Labute approximate surface area is 289 Å². The van der Waals surface area contributed by atoms with Crippen LogP contribution in [0.2, 0.25) is 0 Å². The first-order valence-electron chi connectivity index (χ1n) is 19.3. The van der Waals surface area contributed by atoms with Crippen molar-refractivity contribution in [2.45, 2.75) is 206 Å². The molecule has 2 N–H and O–H groups in total. The maximum atomic E-state index is 12.5. The number of nitrogens with two attached hydrogens (primary N) is 1. The molecule has 0 aromatic heterocycles. The summed E-state index contributed by atoms with van der Waals surface area (Å²) in [5.41, 5.74) is 5.68. The first-order chi connectivity index (χ1) is 22.4. The molecule has 0 rings (SSSR count). The molecule has 46 heavy (non-hydrogen) atoms. The Morgan fingerprint density at radius 1 is 0.500 bits per heavy atom. The number of unbranched alkanes of at least 4 members (excludes halogenated alkanes) is 24. The monoisotopic (exact) mass is 672 g/mol. The molecule has 272 valence electrons. The summed E-state index contributed by atoms with van der Waals surface area (Å²) >= 11 is 4.03. The first-order valence-corrected chi connectivity index (χ1v) is 20.0. The summed E-state index contributed by atoms with van der Waals surface area (Å²) in [6.45, 7) is 4.18. The lowest BCUT2D eigenvalue weighted by Crippen LogP contribution is -2.37. The standard InChI is InChI=1S/C38H73NO6S/c1-3-5-7-9-11-13-15-17-19-21-23-25-27-29-36(40)43-31-34(32-44-38(42)35(39)33-46)45-37(41)30-28-26-24-22-20-18-16-14-12-10-8-6-4-2/h34-35,46H,3-33,39H2,1-2H3/t34-,35-/m0/s1. The van der Waals surface area contributed by atoms with Gasteiger partial charge in [-0.1, -0.05) is 168 Å². The second kappa shape index (κ2) is 35.0. The highest BCUT2D eigenvalue weighted by Gasteiger charge is 2.21. The average molecular weight is 672 g/mol. The Balaban J connectivity index is 4.09. The van der Waals surface area contributed by atoms with Crippen molar-refractivity contribution < 1.29 is 28.6 Å². The van der Waals surface area contributed by atoms with E-state index in [4.69, 9.17) is 19.9 Å². The molecule has 0 radical (unpaired) electrons. The third-order valence-corrected chi connectivity index (χ3v) is 9.00. The lowest BCUT2D eigenvalue weighted by molar-refractivity contribution is -0.167. The van der Waals surface area contributed by atoms with E-state index in [9.17, 15) is 14.4 Å². The van der Waals surface area contributed by atoms with Gasteiger partial charge in [0, 0.05) is 18.6 Å². The van der Waals surface area contributed by atoms with Crippen molar-refractivity contribution in [3.63, 3.8) is 0 Å². The molecule has 0 fully saturated rings. The molecule has 0 saturated carbocycles. The van der Waals surface area contributed by atoms with E-state index in [2.05, 4.69) is 26.5 Å². The van der Waals surface area contributed by atoms with Crippen molar-refractivity contribution in [1.29, 1.82) is 0 Å². The van der Waals surface area contributed by atoms with Gasteiger partial charge in [0.1, 0.15) is 19.3 Å². The second-order valence-electron chi connectivity index (χ2n) is 13.2. The lowest BCUT2D eigenvalue weighted by Gasteiger charge is -2.19. The van der Waals surface area contributed by atoms with Crippen LogP contribution in [0, 0.1) is 0 Å². The van der Waals surface area contributed by atoms with Crippen molar-refractivity contribution in [1.82, 2.24) is 0 Å². The zero-order chi connectivity index (χ0) is 33.9. The van der Waals surface area contributed by atoms with Crippen LogP contribution in [0.4, 0.5) is 0 Å². The molecule has 7 nitrogen and oxygen atoms in total. The summed E-state index contributed by atoms with van der Waals surface area (Å²) in [5.74, 6) is -1.16. The van der Waals surface area contributed by atoms with E-state index in [1.165, 1.54) is 128 Å². The molecule has 0 aliphatic rings. The number of hydrogen-bond donors (Lipinski definition) is 2. The van der Waals surface area contributed by atoms with E-state index in [0.29, 0.717) is 12.8 Å². The SMILES string of the molecule is CCCCCCCCCCCCCCCC(=O)OC[C@@H](COC(=O)[C@@H](N)CS)OC(=O)CCCCCCCCCCCCCCC. The third kappa shape index (κ3) is 31.3. The highest BCUT2D eigenvalue weighted by molar-refractivity contribution is 7.80. The fourth-order valence-corrected chi connectivity index (χ4v) is 5.70. The summed E-state index contributed by atoms with van der Waals surface area (Å²) in [5, 5.41) is 0. The second-order valence-corrected chi connectivity index (χ2v) is 13.6. The molecule has 8 heteroatoms. The largest absolute Gasteiger partial charge is 0.462 e.